The first-order valence-corrected chi connectivity index (χ1v) is 8.58. The number of hydrogen-bond acceptors (Lipinski definition) is 6. The molecule has 0 saturated heterocycles. The Bertz CT molecular complexity index is 925. The number of Topliss-reactive ketones (excluding diaryl/α,β-unsaturated/α-hetero) is 1. The molecule has 142 valence electrons. The number of phenolic OH excluding ortho intramolecular Hbond substituents is 3. The van der Waals surface area contributed by atoms with Crippen molar-refractivity contribution in [1.82, 2.24) is 0 Å². The Morgan fingerprint density at radius 2 is 2.00 bits per heavy atom. The van der Waals surface area contributed by atoms with Crippen molar-refractivity contribution in [2.45, 2.75) is 26.2 Å². The van der Waals surface area contributed by atoms with E-state index in [0.29, 0.717) is 23.3 Å². The van der Waals surface area contributed by atoms with E-state index in [0.717, 1.165) is 5.57 Å². The van der Waals surface area contributed by atoms with Gasteiger partial charge >= 0.3 is 0 Å². The summed E-state index contributed by atoms with van der Waals surface area (Å²) in [6.07, 6.45) is 2.34. The molecular weight excluding hydrogens is 348 g/mol. The van der Waals surface area contributed by atoms with Gasteiger partial charge in [0.1, 0.15) is 40.9 Å². The van der Waals surface area contributed by atoms with Crippen molar-refractivity contribution >= 4 is 5.78 Å². The molecule has 0 saturated carbocycles. The number of benzene rings is 2. The number of hydrogen-bond donors (Lipinski definition) is 3. The van der Waals surface area contributed by atoms with Gasteiger partial charge in [0.15, 0.2) is 5.78 Å². The third-order valence-corrected chi connectivity index (χ3v) is 4.62. The second-order valence-corrected chi connectivity index (χ2v) is 6.74. The Balaban J connectivity index is 2.08. The maximum Gasteiger partial charge on any atom is 0.181 e. The van der Waals surface area contributed by atoms with Crippen LogP contribution in [0.15, 0.2) is 35.9 Å². The van der Waals surface area contributed by atoms with Gasteiger partial charge in [-0.25, -0.2) is 0 Å². The second kappa shape index (κ2) is 7.23. The highest BCUT2D eigenvalue weighted by molar-refractivity contribution is 6.07. The monoisotopic (exact) mass is 370 g/mol. The van der Waals surface area contributed by atoms with Crippen molar-refractivity contribution in [2.24, 2.45) is 0 Å². The lowest BCUT2D eigenvalue weighted by atomic mass is 9.86. The van der Waals surface area contributed by atoms with Crippen LogP contribution < -0.4 is 9.47 Å². The minimum Gasteiger partial charge on any atom is -0.508 e. The Hall–Kier alpha value is -3.15. The van der Waals surface area contributed by atoms with E-state index in [9.17, 15) is 20.1 Å². The maximum atomic E-state index is 13.1. The lowest BCUT2D eigenvalue weighted by Crippen LogP contribution is -2.26. The number of carbonyl (C=O) groups is 1. The Morgan fingerprint density at radius 3 is 2.63 bits per heavy atom. The third kappa shape index (κ3) is 3.43. The predicted octanol–water partition coefficient (Wildman–Crippen LogP) is 3.68. The van der Waals surface area contributed by atoms with Crippen molar-refractivity contribution in [3.63, 3.8) is 0 Å². The van der Waals surface area contributed by atoms with Gasteiger partial charge in [0.05, 0.1) is 13.0 Å². The van der Waals surface area contributed by atoms with Crippen LogP contribution in [0.4, 0.5) is 0 Å². The van der Waals surface area contributed by atoms with Gasteiger partial charge in [-0.05, 0) is 26.3 Å². The van der Waals surface area contributed by atoms with Gasteiger partial charge in [0.25, 0.3) is 0 Å². The SMILES string of the molecule is COc1cc2c(c(O)c1CC=C(C)C)C(=O)C(c1ccc(O)cc1O)CO2. The predicted molar refractivity (Wildman–Crippen MR) is 100 cm³/mol. The summed E-state index contributed by atoms with van der Waals surface area (Å²) < 4.78 is 11.1. The Labute approximate surface area is 157 Å². The van der Waals surface area contributed by atoms with Crippen LogP contribution in [0.1, 0.15) is 41.3 Å². The molecule has 27 heavy (non-hydrogen) atoms. The minimum absolute atomic E-state index is 0.0140. The van der Waals surface area contributed by atoms with E-state index in [1.54, 1.807) is 6.07 Å². The summed E-state index contributed by atoms with van der Waals surface area (Å²) >= 11 is 0. The van der Waals surface area contributed by atoms with E-state index in [1.165, 1.54) is 25.3 Å². The van der Waals surface area contributed by atoms with Gasteiger partial charge < -0.3 is 24.8 Å². The molecule has 2 aromatic rings. The first kappa shape index (κ1) is 18.6. The van der Waals surface area contributed by atoms with Crippen LogP contribution in [0.3, 0.4) is 0 Å². The van der Waals surface area contributed by atoms with Crippen LogP contribution in [-0.4, -0.2) is 34.8 Å². The first-order chi connectivity index (χ1) is 12.8. The lowest BCUT2D eigenvalue weighted by molar-refractivity contribution is 0.0889. The number of ketones is 1. The van der Waals surface area contributed by atoms with E-state index < -0.39 is 5.92 Å². The van der Waals surface area contributed by atoms with Gasteiger partial charge in [-0.1, -0.05) is 17.7 Å². The third-order valence-electron chi connectivity index (χ3n) is 4.62. The van der Waals surface area contributed by atoms with Gasteiger partial charge in [0, 0.05) is 23.3 Å². The highest BCUT2D eigenvalue weighted by Gasteiger charge is 2.36. The average molecular weight is 370 g/mol. The summed E-state index contributed by atoms with van der Waals surface area (Å²) in [4.78, 5) is 13.1. The number of fused-ring (bicyclic) bond motifs is 1. The molecular formula is C21H22O6. The molecule has 1 atom stereocenters. The average Bonchev–Trinajstić information content (AvgIpc) is 2.61. The molecule has 0 bridgehead atoms. The zero-order chi connectivity index (χ0) is 19.7. The maximum absolute atomic E-state index is 13.1. The molecule has 0 radical (unpaired) electrons. The largest absolute Gasteiger partial charge is 0.508 e. The fraction of sp³-hybridized carbons (Fsp3) is 0.286. The summed E-state index contributed by atoms with van der Waals surface area (Å²) in [5, 5.41) is 30.4. The van der Waals surface area contributed by atoms with Crippen LogP contribution in [0, 0.1) is 0 Å². The van der Waals surface area contributed by atoms with E-state index in [4.69, 9.17) is 9.47 Å². The van der Waals surface area contributed by atoms with Gasteiger partial charge in [0.2, 0.25) is 0 Å². The van der Waals surface area contributed by atoms with E-state index in [1.807, 2.05) is 19.9 Å². The first-order valence-electron chi connectivity index (χ1n) is 8.58. The summed E-state index contributed by atoms with van der Waals surface area (Å²) in [6.45, 7) is 3.90. The number of phenols is 3. The van der Waals surface area contributed by atoms with Crippen LogP contribution in [-0.2, 0) is 6.42 Å². The lowest BCUT2D eigenvalue weighted by Gasteiger charge is -2.27. The van der Waals surface area contributed by atoms with E-state index >= 15 is 0 Å². The zero-order valence-corrected chi connectivity index (χ0v) is 15.4. The molecule has 2 aromatic carbocycles. The highest BCUT2D eigenvalue weighted by atomic mass is 16.5. The molecule has 0 amide bonds. The molecule has 0 aliphatic carbocycles. The Kier molecular flexibility index (Phi) is 4.99. The molecule has 1 unspecified atom stereocenters. The minimum atomic E-state index is -0.784. The van der Waals surface area contributed by atoms with Crippen molar-refractivity contribution in [3.05, 3.63) is 52.6 Å². The fourth-order valence-corrected chi connectivity index (χ4v) is 3.18. The standard InChI is InChI=1S/C21H22O6/c1-11(2)4-6-14-17(26-3)9-18-19(20(14)24)21(25)15(10-27-18)13-7-5-12(22)8-16(13)23/h4-5,7-9,15,22-24H,6,10H2,1-3H3. The molecule has 1 aliphatic heterocycles. The summed E-state index contributed by atoms with van der Waals surface area (Å²) in [7, 11) is 1.50. The van der Waals surface area contributed by atoms with Crippen LogP contribution in [0.5, 0.6) is 28.7 Å². The summed E-state index contributed by atoms with van der Waals surface area (Å²) in [5.74, 6) is -0.901. The number of aromatic hydroxyl groups is 3. The number of ether oxygens (including phenoxy) is 2. The summed E-state index contributed by atoms with van der Waals surface area (Å²) in [6, 6.07) is 5.65. The molecule has 1 heterocycles. The van der Waals surface area contributed by atoms with Gasteiger partial charge in [-0.15, -0.1) is 0 Å². The summed E-state index contributed by atoms with van der Waals surface area (Å²) in [5.41, 5.74) is 2.00. The van der Waals surface area contributed by atoms with Crippen LogP contribution >= 0.6 is 0 Å². The van der Waals surface area contributed by atoms with Crippen molar-refractivity contribution in [1.29, 1.82) is 0 Å². The number of methoxy groups -OCH3 is 1. The molecule has 0 fully saturated rings. The molecule has 6 heteroatoms. The molecule has 3 rings (SSSR count). The quantitative estimate of drug-likeness (QED) is 0.711. The molecule has 0 aromatic heterocycles. The van der Waals surface area contributed by atoms with Crippen molar-refractivity contribution in [3.8, 4) is 28.7 Å². The van der Waals surface area contributed by atoms with Crippen LogP contribution in [0.2, 0.25) is 0 Å². The van der Waals surface area contributed by atoms with Gasteiger partial charge in [-0.2, -0.15) is 0 Å². The van der Waals surface area contributed by atoms with Crippen molar-refractivity contribution in [2.75, 3.05) is 13.7 Å². The zero-order valence-electron chi connectivity index (χ0n) is 15.4. The van der Waals surface area contributed by atoms with Crippen LogP contribution in [0.25, 0.3) is 0 Å². The van der Waals surface area contributed by atoms with E-state index in [2.05, 4.69) is 0 Å². The number of allylic oxidation sites excluding steroid dienone is 2. The number of rotatable bonds is 4. The highest BCUT2D eigenvalue weighted by Crippen LogP contribution is 2.45. The normalized spacial score (nSPS) is 15.7. The molecule has 1 aliphatic rings. The molecule has 6 nitrogen and oxygen atoms in total. The smallest absolute Gasteiger partial charge is 0.181 e. The second-order valence-electron chi connectivity index (χ2n) is 6.74. The number of carbonyl (C=O) groups excluding carboxylic acids is 1. The molecule has 3 N–H and O–H groups in total. The van der Waals surface area contributed by atoms with Gasteiger partial charge in [-0.3, -0.25) is 4.79 Å². The molecule has 0 spiro atoms. The topological polar surface area (TPSA) is 96.2 Å². The Morgan fingerprint density at radius 1 is 1.26 bits per heavy atom. The van der Waals surface area contributed by atoms with E-state index in [-0.39, 0.29) is 41.0 Å². The van der Waals surface area contributed by atoms with Crippen molar-refractivity contribution < 1.29 is 29.6 Å². The fourth-order valence-electron chi connectivity index (χ4n) is 3.18.